The fourth-order valence-electron chi connectivity index (χ4n) is 1.03. The van der Waals surface area contributed by atoms with Gasteiger partial charge in [0.15, 0.2) is 0 Å². The average molecular weight is 175 g/mol. The van der Waals surface area contributed by atoms with Crippen molar-refractivity contribution < 1.29 is 0 Å². The Labute approximate surface area is 73.2 Å². The topological polar surface area (TPSA) is 62.7 Å². The number of nitriles is 1. The molecule has 0 radical (unpaired) electrons. The summed E-state index contributed by atoms with van der Waals surface area (Å²) in [6.45, 7) is 0. The molecule has 1 heterocycles. The zero-order chi connectivity index (χ0) is 8.55. The first-order valence-electron chi connectivity index (χ1n) is 3.36. The fraction of sp³-hybridized carbons (Fsp3) is 0. The number of nitrogens with zero attached hydrogens (tertiary/aromatic N) is 2. The lowest BCUT2D eigenvalue weighted by Gasteiger charge is -1.89. The number of anilines is 1. The number of hydrogen-bond donors (Lipinski definition) is 1. The third-order valence-corrected chi connectivity index (χ3v) is 2.47. The Kier molecular flexibility index (Phi) is 1.45. The lowest BCUT2D eigenvalue weighted by molar-refractivity contribution is 1.50. The molecule has 3 nitrogen and oxygen atoms in total. The van der Waals surface area contributed by atoms with Crippen molar-refractivity contribution in [2.24, 2.45) is 0 Å². The van der Waals surface area contributed by atoms with Crippen molar-refractivity contribution in [1.82, 2.24) is 4.37 Å². The molecule has 1 aromatic heterocycles. The van der Waals surface area contributed by atoms with Crippen molar-refractivity contribution in [2.45, 2.75) is 0 Å². The minimum atomic E-state index is 0.507. The van der Waals surface area contributed by atoms with Crippen LogP contribution in [-0.4, -0.2) is 4.37 Å². The van der Waals surface area contributed by atoms with Crippen LogP contribution in [0.4, 0.5) is 5.82 Å². The fourth-order valence-corrected chi connectivity index (χ4v) is 1.71. The van der Waals surface area contributed by atoms with E-state index in [4.69, 9.17) is 11.0 Å². The van der Waals surface area contributed by atoms with Crippen molar-refractivity contribution >= 4 is 27.4 Å². The molecule has 0 bridgehead atoms. The number of aromatic nitrogens is 1. The number of fused-ring (bicyclic) bond motifs is 1. The summed E-state index contributed by atoms with van der Waals surface area (Å²) in [6, 6.07) is 7.44. The van der Waals surface area contributed by atoms with Crippen molar-refractivity contribution in [2.75, 3.05) is 5.73 Å². The maximum Gasteiger partial charge on any atom is 0.145 e. The molecule has 0 saturated heterocycles. The lowest BCUT2D eigenvalue weighted by Crippen LogP contribution is -1.83. The Hall–Kier alpha value is -1.60. The predicted molar refractivity (Wildman–Crippen MR) is 48.7 cm³/mol. The molecule has 0 amide bonds. The van der Waals surface area contributed by atoms with E-state index in [0.717, 1.165) is 10.1 Å². The van der Waals surface area contributed by atoms with Gasteiger partial charge in [0.25, 0.3) is 0 Å². The second-order valence-corrected chi connectivity index (χ2v) is 3.20. The largest absolute Gasteiger partial charge is 0.382 e. The Morgan fingerprint density at radius 1 is 1.50 bits per heavy atom. The average Bonchev–Trinajstić information content (AvgIpc) is 2.47. The van der Waals surface area contributed by atoms with Gasteiger partial charge < -0.3 is 5.73 Å². The zero-order valence-corrected chi connectivity index (χ0v) is 6.93. The summed E-state index contributed by atoms with van der Waals surface area (Å²) in [5.41, 5.74) is 6.21. The van der Waals surface area contributed by atoms with Gasteiger partial charge in [-0.15, -0.1) is 0 Å². The molecule has 0 fully saturated rings. The first-order chi connectivity index (χ1) is 5.81. The van der Waals surface area contributed by atoms with Gasteiger partial charge >= 0.3 is 0 Å². The first-order valence-corrected chi connectivity index (χ1v) is 4.13. The van der Waals surface area contributed by atoms with Gasteiger partial charge in [-0.25, -0.2) is 0 Å². The van der Waals surface area contributed by atoms with Gasteiger partial charge in [0.2, 0.25) is 0 Å². The molecule has 0 atom stereocenters. The molecule has 4 heteroatoms. The summed E-state index contributed by atoms with van der Waals surface area (Å²) < 4.78 is 5.00. The van der Waals surface area contributed by atoms with E-state index in [1.54, 1.807) is 12.1 Å². The normalized spacial score (nSPS) is 9.92. The van der Waals surface area contributed by atoms with Crippen molar-refractivity contribution in [3.8, 4) is 6.07 Å². The monoisotopic (exact) mass is 175 g/mol. The number of nitrogens with two attached hydrogens (primary N) is 1. The molecule has 0 saturated carbocycles. The van der Waals surface area contributed by atoms with Crippen LogP contribution < -0.4 is 5.73 Å². The smallest absolute Gasteiger partial charge is 0.145 e. The van der Waals surface area contributed by atoms with Crippen LogP contribution in [0.1, 0.15) is 5.56 Å². The van der Waals surface area contributed by atoms with Crippen molar-refractivity contribution in [3.63, 3.8) is 0 Å². The SMILES string of the molecule is N#Cc1ccc2snc(N)c2c1. The van der Waals surface area contributed by atoms with Crippen LogP contribution in [0.2, 0.25) is 0 Å². The van der Waals surface area contributed by atoms with Gasteiger partial charge in [-0.05, 0) is 29.7 Å². The minimum absolute atomic E-state index is 0.507. The van der Waals surface area contributed by atoms with Crippen molar-refractivity contribution in [1.29, 1.82) is 5.26 Å². The Morgan fingerprint density at radius 2 is 2.33 bits per heavy atom. The molecule has 0 aliphatic rings. The summed E-state index contributed by atoms with van der Waals surface area (Å²) in [4.78, 5) is 0. The number of hydrogen-bond acceptors (Lipinski definition) is 4. The van der Waals surface area contributed by atoms with Crippen LogP contribution in [0.25, 0.3) is 10.1 Å². The molecule has 0 aliphatic carbocycles. The van der Waals surface area contributed by atoms with Crippen LogP contribution in [0.5, 0.6) is 0 Å². The van der Waals surface area contributed by atoms with Gasteiger partial charge in [-0.3, -0.25) is 0 Å². The molecule has 0 unspecified atom stereocenters. The molecule has 12 heavy (non-hydrogen) atoms. The molecular weight excluding hydrogens is 170 g/mol. The highest BCUT2D eigenvalue weighted by molar-refractivity contribution is 7.13. The standard InChI is InChI=1S/C8H5N3S/c9-4-5-1-2-7-6(3-5)8(10)11-12-7/h1-3H,(H2,10,11). The van der Waals surface area contributed by atoms with E-state index in [1.807, 2.05) is 6.07 Å². The van der Waals surface area contributed by atoms with Crippen LogP contribution >= 0.6 is 11.5 Å². The molecule has 58 valence electrons. The van der Waals surface area contributed by atoms with Crippen LogP contribution in [0.15, 0.2) is 18.2 Å². The summed E-state index contributed by atoms with van der Waals surface area (Å²) in [6.07, 6.45) is 0. The second kappa shape index (κ2) is 2.47. The van der Waals surface area contributed by atoms with E-state index >= 15 is 0 Å². The van der Waals surface area contributed by atoms with Gasteiger partial charge in [0, 0.05) is 5.39 Å². The highest BCUT2D eigenvalue weighted by atomic mass is 32.1. The van der Waals surface area contributed by atoms with Gasteiger partial charge in [-0.2, -0.15) is 9.64 Å². The van der Waals surface area contributed by atoms with E-state index in [1.165, 1.54) is 11.5 Å². The van der Waals surface area contributed by atoms with Crippen LogP contribution in [-0.2, 0) is 0 Å². The lowest BCUT2D eigenvalue weighted by atomic mass is 10.2. The first kappa shape index (κ1) is 7.07. The van der Waals surface area contributed by atoms with E-state index in [2.05, 4.69) is 10.4 Å². The second-order valence-electron chi connectivity index (χ2n) is 2.39. The molecule has 2 N–H and O–H groups in total. The van der Waals surface area contributed by atoms with Crippen LogP contribution in [0, 0.1) is 11.3 Å². The van der Waals surface area contributed by atoms with E-state index < -0.39 is 0 Å². The van der Waals surface area contributed by atoms with E-state index in [9.17, 15) is 0 Å². The Balaban J connectivity index is 2.82. The molecular formula is C8H5N3S. The Morgan fingerprint density at radius 3 is 3.08 bits per heavy atom. The number of benzene rings is 1. The van der Waals surface area contributed by atoms with Gasteiger partial charge in [-0.1, -0.05) is 0 Å². The van der Waals surface area contributed by atoms with Crippen LogP contribution in [0.3, 0.4) is 0 Å². The maximum absolute atomic E-state index is 8.62. The summed E-state index contributed by atoms with van der Waals surface area (Å²) >= 11 is 1.35. The summed E-state index contributed by atoms with van der Waals surface area (Å²) in [5, 5.41) is 9.49. The number of rotatable bonds is 0. The highest BCUT2D eigenvalue weighted by Gasteiger charge is 2.02. The quantitative estimate of drug-likeness (QED) is 0.663. The summed E-state index contributed by atoms with van der Waals surface area (Å²) in [5.74, 6) is 0.507. The predicted octanol–water partition coefficient (Wildman–Crippen LogP) is 1.75. The minimum Gasteiger partial charge on any atom is -0.382 e. The third kappa shape index (κ3) is 0.917. The molecule has 0 aliphatic heterocycles. The van der Waals surface area contributed by atoms with Crippen molar-refractivity contribution in [3.05, 3.63) is 23.8 Å². The number of nitrogen functional groups attached to an aromatic ring is 1. The zero-order valence-electron chi connectivity index (χ0n) is 6.11. The maximum atomic E-state index is 8.62. The molecule has 1 aromatic carbocycles. The summed E-state index contributed by atoms with van der Waals surface area (Å²) in [7, 11) is 0. The molecule has 2 rings (SSSR count). The molecule has 0 spiro atoms. The van der Waals surface area contributed by atoms with E-state index in [0.29, 0.717) is 11.4 Å². The highest BCUT2D eigenvalue weighted by Crippen LogP contribution is 2.24. The van der Waals surface area contributed by atoms with Gasteiger partial charge in [0.1, 0.15) is 5.82 Å². The van der Waals surface area contributed by atoms with Gasteiger partial charge in [0.05, 0.1) is 16.3 Å². The van der Waals surface area contributed by atoms with E-state index in [-0.39, 0.29) is 0 Å². The Bertz CT molecular complexity index is 467. The third-order valence-electron chi connectivity index (χ3n) is 1.63. The molecule has 2 aromatic rings.